The minimum atomic E-state index is 0.0489. The predicted molar refractivity (Wildman–Crippen MR) is 43.6 cm³/mol. The van der Waals surface area contributed by atoms with Gasteiger partial charge in [0.15, 0.2) is 0 Å². The maximum atomic E-state index is 10.7. The van der Waals surface area contributed by atoms with E-state index in [1.165, 1.54) is 11.5 Å². The van der Waals surface area contributed by atoms with Crippen LogP contribution in [0.5, 0.6) is 0 Å². The lowest BCUT2D eigenvalue weighted by Crippen LogP contribution is -2.18. The second kappa shape index (κ2) is 2.23. The number of rotatable bonds is 0. The van der Waals surface area contributed by atoms with E-state index in [2.05, 4.69) is 20.8 Å². The van der Waals surface area contributed by atoms with Gasteiger partial charge in [0.05, 0.1) is 0 Å². The van der Waals surface area contributed by atoms with Gasteiger partial charge in [0.25, 0.3) is 0 Å². The summed E-state index contributed by atoms with van der Waals surface area (Å²) < 4.78 is 2.07. The average molecular weight is 157 g/mol. The fourth-order valence-corrected chi connectivity index (χ4v) is 1.36. The topological polar surface area (TPSA) is 22.0 Å². The fraction of sp³-hybridized carbons (Fsp3) is 0.571. The Bertz CT molecular complexity index is 266. The van der Waals surface area contributed by atoms with Crippen molar-refractivity contribution in [2.75, 3.05) is 0 Å². The lowest BCUT2D eigenvalue weighted by atomic mass is 10.1. The molecule has 0 aliphatic carbocycles. The van der Waals surface area contributed by atoms with E-state index in [0.717, 1.165) is 0 Å². The smallest absolute Gasteiger partial charge is 0.249 e. The van der Waals surface area contributed by atoms with Crippen LogP contribution in [0, 0.1) is 0 Å². The van der Waals surface area contributed by atoms with Crippen LogP contribution in [-0.2, 0) is 5.54 Å². The first-order chi connectivity index (χ1) is 4.50. The summed E-state index contributed by atoms with van der Waals surface area (Å²) in [4.78, 5) is 10.7. The maximum Gasteiger partial charge on any atom is 0.249 e. The Kier molecular flexibility index (Phi) is 1.68. The van der Waals surface area contributed by atoms with Gasteiger partial charge in [-0.2, -0.15) is 0 Å². The Morgan fingerprint density at radius 2 is 2.10 bits per heavy atom. The SMILES string of the molecule is CC(C)(C)n1ccc(=O)s1. The third kappa shape index (κ3) is 1.48. The zero-order valence-electron chi connectivity index (χ0n) is 6.42. The molecule has 1 aromatic heterocycles. The normalized spacial score (nSPS) is 11.9. The van der Waals surface area contributed by atoms with Crippen molar-refractivity contribution >= 4 is 11.5 Å². The first-order valence-corrected chi connectivity index (χ1v) is 3.97. The second-order valence-electron chi connectivity index (χ2n) is 3.22. The predicted octanol–water partition coefficient (Wildman–Crippen LogP) is 1.66. The minimum Gasteiger partial charge on any atom is -0.297 e. The number of nitrogens with zero attached hydrogens (tertiary/aromatic N) is 1. The zero-order valence-corrected chi connectivity index (χ0v) is 7.23. The number of hydrogen-bond donors (Lipinski definition) is 0. The van der Waals surface area contributed by atoms with Crippen LogP contribution in [0.4, 0.5) is 0 Å². The first-order valence-electron chi connectivity index (χ1n) is 3.19. The van der Waals surface area contributed by atoms with Crippen molar-refractivity contribution in [2.45, 2.75) is 26.3 Å². The Balaban J connectivity index is 3.07. The van der Waals surface area contributed by atoms with E-state index < -0.39 is 0 Å². The molecule has 0 radical (unpaired) electrons. The van der Waals surface area contributed by atoms with Crippen molar-refractivity contribution in [1.82, 2.24) is 3.96 Å². The molecule has 0 atom stereocenters. The molecule has 0 saturated carbocycles. The van der Waals surface area contributed by atoms with Gasteiger partial charge in [-0.1, -0.05) is 0 Å². The van der Waals surface area contributed by atoms with Crippen molar-refractivity contribution in [1.29, 1.82) is 0 Å². The highest BCUT2D eigenvalue weighted by atomic mass is 32.1. The number of aromatic nitrogens is 1. The summed E-state index contributed by atoms with van der Waals surface area (Å²) in [6.45, 7) is 6.22. The monoisotopic (exact) mass is 157 g/mol. The summed E-state index contributed by atoms with van der Waals surface area (Å²) in [7, 11) is 0. The molecule has 3 heteroatoms. The first kappa shape index (κ1) is 7.54. The highest BCUT2D eigenvalue weighted by Gasteiger charge is 2.11. The summed E-state index contributed by atoms with van der Waals surface area (Å²) >= 11 is 1.26. The molecule has 0 aromatic carbocycles. The van der Waals surface area contributed by atoms with Crippen molar-refractivity contribution in [2.24, 2.45) is 0 Å². The fourth-order valence-electron chi connectivity index (χ4n) is 0.647. The van der Waals surface area contributed by atoms with E-state index in [1.807, 2.05) is 10.2 Å². The molecular formula is C7H11NOS. The van der Waals surface area contributed by atoms with Gasteiger partial charge in [-0.3, -0.25) is 8.75 Å². The van der Waals surface area contributed by atoms with Crippen LogP contribution < -0.4 is 4.74 Å². The second-order valence-corrected chi connectivity index (χ2v) is 4.20. The Labute approximate surface area is 64.3 Å². The molecule has 0 fully saturated rings. The highest BCUT2D eigenvalue weighted by molar-refractivity contribution is 7.03. The van der Waals surface area contributed by atoms with Crippen LogP contribution >= 0.6 is 11.5 Å². The molecule has 0 aliphatic rings. The van der Waals surface area contributed by atoms with Gasteiger partial charge >= 0.3 is 0 Å². The Morgan fingerprint density at radius 3 is 2.30 bits per heavy atom. The van der Waals surface area contributed by atoms with Gasteiger partial charge in [-0.05, 0) is 32.3 Å². The van der Waals surface area contributed by atoms with Crippen LogP contribution in [0.3, 0.4) is 0 Å². The highest BCUT2D eigenvalue weighted by Crippen LogP contribution is 2.13. The largest absolute Gasteiger partial charge is 0.297 e. The van der Waals surface area contributed by atoms with E-state index in [-0.39, 0.29) is 10.3 Å². The van der Waals surface area contributed by atoms with E-state index >= 15 is 0 Å². The van der Waals surface area contributed by atoms with Gasteiger partial charge in [0.1, 0.15) is 0 Å². The summed E-state index contributed by atoms with van der Waals surface area (Å²) in [6.07, 6.45) is 1.83. The third-order valence-corrected chi connectivity index (χ3v) is 2.38. The molecule has 0 saturated heterocycles. The van der Waals surface area contributed by atoms with Gasteiger partial charge < -0.3 is 0 Å². The van der Waals surface area contributed by atoms with E-state index in [1.54, 1.807) is 6.07 Å². The molecule has 0 unspecified atom stereocenters. The molecule has 0 spiro atoms. The van der Waals surface area contributed by atoms with Crippen molar-refractivity contribution in [3.8, 4) is 0 Å². The van der Waals surface area contributed by atoms with Gasteiger partial charge in [0.2, 0.25) is 4.74 Å². The standard InChI is InChI=1S/C7H11NOS/c1-7(2,3)8-5-4-6(9)10-8/h4-5H,1-3H3. The molecule has 1 rings (SSSR count). The van der Waals surface area contributed by atoms with Crippen molar-refractivity contribution in [3.63, 3.8) is 0 Å². The average Bonchev–Trinajstić information content (AvgIpc) is 2.11. The minimum absolute atomic E-state index is 0.0489. The molecule has 0 aliphatic heterocycles. The molecular weight excluding hydrogens is 146 g/mol. The number of hydrogen-bond acceptors (Lipinski definition) is 2. The van der Waals surface area contributed by atoms with Crippen LogP contribution in [0.1, 0.15) is 20.8 Å². The Morgan fingerprint density at radius 1 is 1.50 bits per heavy atom. The van der Waals surface area contributed by atoms with E-state index in [4.69, 9.17) is 0 Å². The summed E-state index contributed by atoms with van der Waals surface area (Å²) in [5.74, 6) is 0. The van der Waals surface area contributed by atoms with Crippen LogP contribution in [0.15, 0.2) is 17.1 Å². The van der Waals surface area contributed by atoms with Crippen LogP contribution in [0.25, 0.3) is 0 Å². The quantitative estimate of drug-likeness (QED) is 0.561. The molecule has 1 aromatic rings. The van der Waals surface area contributed by atoms with Crippen LogP contribution in [0.2, 0.25) is 0 Å². The summed E-state index contributed by atoms with van der Waals surface area (Å²) in [5, 5.41) is 0. The molecule has 10 heavy (non-hydrogen) atoms. The molecule has 2 nitrogen and oxygen atoms in total. The molecule has 0 amide bonds. The van der Waals surface area contributed by atoms with Crippen molar-refractivity contribution < 1.29 is 0 Å². The van der Waals surface area contributed by atoms with Crippen LogP contribution in [-0.4, -0.2) is 3.96 Å². The summed E-state index contributed by atoms with van der Waals surface area (Å²) in [6, 6.07) is 1.59. The summed E-state index contributed by atoms with van der Waals surface area (Å²) in [5.41, 5.74) is 0.0489. The molecule has 56 valence electrons. The molecule has 0 bridgehead atoms. The lowest BCUT2D eigenvalue weighted by molar-refractivity contribution is 0.428. The maximum absolute atomic E-state index is 10.7. The van der Waals surface area contributed by atoms with Gasteiger partial charge in [0, 0.05) is 17.8 Å². The third-order valence-electron chi connectivity index (χ3n) is 1.20. The van der Waals surface area contributed by atoms with E-state index in [9.17, 15) is 4.79 Å². The van der Waals surface area contributed by atoms with Gasteiger partial charge in [-0.15, -0.1) is 0 Å². The zero-order chi connectivity index (χ0) is 7.78. The van der Waals surface area contributed by atoms with Gasteiger partial charge in [-0.25, -0.2) is 0 Å². The molecule has 1 heterocycles. The lowest BCUT2D eigenvalue weighted by Gasteiger charge is -2.18. The van der Waals surface area contributed by atoms with Crippen molar-refractivity contribution in [3.05, 3.63) is 21.8 Å². The molecule has 0 N–H and O–H groups in total. The van der Waals surface area contributed by atoms with E-state index in [0.29, 0.717) is 0 Å². The Hall–Kier alpha value is -0.570.